The zero-order valence-electron chi connectivity index (χ0n) is 20.2. The summed E-state index contributed by atoms with van der Waals surface area (Å²) in [6.07, 6.45) is 0.126. The molecule has 1 aromatic rings. The van der Waals surface area contributed by atoms with Crippen molar-refractivity contribution in [3.05, 3.63) is 24.3 Å². The number of ether oxygens (including phenoxy) is 2. The topological polar surface area (TPSA) is 87.2 Å². The first-order valence-corrected chi connectivity index (χ1v) is 11.1. The summed E-state index contributed by atoms with van der Waals surface area (Å²) in [7, 11) is 0. The van der Waals surface area contributed by atoms with Gasteiger partial charge in [-0.05, 0) is 65.8 Å². The number of aliphatic imine (C=N–C) groups is 1. The van der Waals surface area contributed by atoms with Crippen LogP contribution in [0.2, 0.25) is 0 Å². The van der Waals surface area contributed by atoms with Crippen LogP contribution >= 0.6 is 24.0 Å². The second-order valence-corrected chi connectivity index (χ2v) is 9.16. The fourth-order valence-electron chi connectivity index (χ4n) is 3.17. The van der Waals surface area contributed by atoms with Gasteiger partial charge >= 0.3 is 0 Å². The average molecular weight is 562 g/mol. The number of anilines is 1. The van der Waals surface area contributed by atoms with E-state index in [4.69, 9.17) is 9.47 Å². The Morgan fingerprint density at radius 1 is 1.16 bits per heavy atom. The van der Waals surface area contributed by atoms with Crippen molar-refractivity contribution in [3.63, 3.8) is 0 Å². The molecule has 1 saturated heterocycles. The summed E-state index contributed by atoms with van der Waals surface area (Å²) in [5.74, 6) is 1.27. The Labute approximate surface area is 209 Å². The molecule has 0 aliphatic carbocycles. The molecule has 8 nitrogen and oxygen atoms in total. The number of hydrogen-bond donors (Lipinski definition) is 3. The lowest BCUT2D eigenvalue weighted by Crippen LogP contribution is -2.48. The third-order valence-electron chi connectivity index (χ3n) is 4.62. The minimum absolute atomic E-state index is 0. The summed E-state index contributed by atoms with van der Waals surface area (Å²) in [6, 6.07) is 8.04. The third kappa shape index (κ3) is 11.3. The summed E-state index contributed by atoms with van der Waals surface area (Å²) >= 11 is 0. The Balaban J connectivity index is 0.00000512. The molecule has 1 atom stereocenters. The number of halogens is 1. The fourth-order valence-corrected chi connectivity index (χ4v) is 3.17. The third-order valence-corrected chi connectivity index (χ3v) is 4.62. The van der Waals surface area contributed by atoms with Gasteiger partial charge in [0.2, 0.25) is 5.91 Å². The number of nitrogens with one attached hydrogen (secondary N) is 3. The zero-order valence-corrected chi connectivity index (χ0v) is 22.6. The lowest BCUT2D eigenvalue weighted by Gasteiger charge is -2.32. The molecule has 2 rings (SSSR count). The summed E-state index contributed by atoms with van der Waals surface area (Å²) in [4.78, 5) is 19.1. The van der Waals surface area contributed by atoms with Crippen molar-refractivity contribution in [1.29, 1.82) is 0 Å². The summed E-state index contributed by atoms with van der Waals surface area (Å²) in [5, 5.41) is 9.61. The summed E-state index contributed by atoms with van der Waals surface area (Å²) in [6.45, 7) is 16.2. The van der Waals surface area contributed by atoms with Gasteiger partial charge in [0, 0.05) is 36.9 Å². The quantitative estimate of drug-likeness (QED) is 0.257. The van der Waals surface area contributed by atoms with Crippen LogP contribution in [-0.4, -0.2) is 73.8 Å². The molecular weight excluding hydrogens is 521 g/mol. The van der Waals surface area contributed by atoms with E-state index in [0.717, 1.165) is 37.7 Å². The molecule has 3 N–H and O–H groups in total. The van der Waals surface area contributed by atoms with Gasteiger partial charge in [-0.25, -0.2) is 4.99 Å². The smallest absolute Gasteiger partial charge is 0.242 e. The van der Waals surface area contributed by atoms with Gasteiger partial charge in [0.15, 0.2) is 5.96 Å². The first-order chi connectivity index (χ1) is 14.6. The average Bonchev–Trinajstić information content (AvgIpc) is 2.70. The Bertz CT molecular complexity index is 713. The molecule has 9 heteroatoms. The van der Waals surface area contributed by atoms with Gasteiger partial charge in [0.25, 0.3) is 0 Å². The maximum atomic E-state index is 12.2. The van der Waals surface area contributed by atoms with Crippen LogP contribution in [0.3, 0.4) is 0 Å². The zero-order chi connectivity index (χ0) is 22.9. The molecule has 1 aliphatic rings. The number of benzene rings is 1. The minimum atomic E-state index is -0.287. The lowest BCUT2D eigenvalue weighted by molar-refractivity contribution is -0.121. The van der Waals surface area contributed by atoms with Crippen LogP contribution in [0.4, 0.5) is 5.69 Å². The summed E-state index contributed by atoms with van der Waals surface area (Å²) < 4.78 is 11.1. The van der Waals surface area contributed by atoms with Gasteiger partial charge in [-0.2, -0.15) is 0 Å². The van der Waals surface area contributed by atoms with E-state index in [1.54, 1.807) is 0 Å². The second kappa shape index (κ2) is 13.8. The Morgan fingerprint density at radius 2 is 1.78 bits per heavy atom. The summed E-state index contributed by atoms with van der Waals surface area (Å²) in [5.41, 5.74) is 0.586. The normalized spacial score (nSPS) is 16.2. The number of guanidine groups is 1. The molecule has 0 bridgehead atoms. The molecule has 1 heterocycles. The van der Waals surface area contributed by atoms with Gasteiger partial charge in [-0.1, -0.05) is 0 Å². The van der Waals surface area contributed by atoms with Crippen molar-refractivity contribution in [3.8, 4) is 5.75 Å². The molecule has 1 fully saturated rings. The number of nitrogens with zero attached hydrogens (tertiary/aromatic N) is 2. The van der Waals surface area contributed by atoms with E-state index in [1.807, 2.05) is 58.9 Å². The van der Waals surface area contributed by atoms with Crippen molar-refractivity contribution in [2.75, 3.05) is 44.7 Å². The van der Waals surface area contributed by atoms with Gasteiger partial charge in [-0.3, -0.25) is 9.69 Å². The molecule has 0 radical (unpaired) electrons. The number of rotatable bonds is 8. The SMILES string of the molecule is CC(C)Oc1ccc(NC(=NCC(=O)NC(C)(C)C)NCC(C)N2CCOCC2)cc1.I. The maximum absolute atomic E-state index is 12.2. The minimum Gasteiger partial charge on any atom is -0.491 e. The van der Waals surface area contributed by atoms with Crippen LogP contribution in [0.25, 0.3) is 0 Å². The fraction of sp³-hybridized carbons (Fsp3) is 0.652. The largest absolute Gasteiger partial charge is 0.491 e. The van der Waals surface area contributed by atoms with Gasteiger partial charge in [0.05, 0.1) is 19.3 Å². The molecule has 0 aromatic heterocycles. The first-order valence-electron chi connectivity index (χ1n) is 11.1. The molecule has 1 aromatic carbocycles. The molecule has 1 amide bonds. The van der Waals surface area contributed by atoms with Crippen LogP contribution in [0.15, 0.2) is 29.3 Å². The van der Waals surface area contributed by atoms with Crippen molar-refractivity contribution < 1.29 is 14.3 Å². The first kappa shape index (κ1) is 28.4. The molecule has 182 valence electrons. The molecular formula is C23H40IN5O3. The number of carbonyl (C=O) groups excluding carboxylic acids is 1. The standard InChI is InChI=1S/C23H39N5O3.HI/c1-17(2)31-20-9-7-19(8-10-20)26-22(25-16-21(29)27-23(4,5)6)24-15-18(3)28-11-13-30-14-12-28;/h7-10,17-18H,11-16H2,1-6H3,(H,27,29)(H2,24,25,26);1H. The van der Waals surface area contributed by atoms with Crippen molar-refractivity contribution in [2.45, 2.75) is 59.2 Å². The van der Waals surface area contributed by atoms with E-state index < -0.39 is 0 Å². The van der Waals surface area contributed by atoms with E-state index >= 15 is 0 Å². The maximum Gasteiger partial charge on any atom is 0.242 e. The monoisotopic (exact) mass is 561 g/mol. The number of amides is 1. The van der Waals surface area contributed by atoms with E-state index in [2.05, 4.69) is 32.8 Å². The van der Waals surface area contributed by atoms with Crippen molar-refractivity contribution >= 4 is 41.5 Å². The van der Waals surface area contributed by atoms with Crippen molar-refractivity contribution in [1.82, 2.24) is 15.5 Å². The molecule has 0 saturated carbocycles. The van der Waals surface area contributed by atoms with Crippen molar-refractivity contribution in [2.24, 2.45) is 4.99 Å². The molecule has 0 spiro atoms. The Morgan fingerprint density at radius 3 is 2.34 bits per heavy atom. The predicted molar refractivity (Wildman–Crippen MR) is 141 cm³/mol. The number of hydrogen-bond acceptors (Lipinski definition) is 5. The highest BCUT2D eigenvalue weighted by atomic mass is 127. The van der Waals surface area contributed by atoms with Gasteiger partial charge < -0.3 is 25.4 Å². The Hall–Kier alpha value is -1.59. The molecule has 32 heavy (non-hydrogen) atoms. The van der Waals surface area contributed by atoms with E-state index in [9.17, 15) is 4.79 Å². The number of carbonyl (C=O) groups is 1. The van der Waals surface area contributed by atoms with Gasteiger partial charge in [0.1, 0.15) is 12.3 Å². The van der Waals surface area contributed by atoms with Crippen LogP contribution in [0.5, 0.6) is 5.75 Å². The second-order valence-electron chi connectivity index (χ2n) is 9.16. The van der Waals surface area contributed by atoms with Crippen LogP contribution in [-0.2, 0) is 9.53 Å². The van der Waals surface area contributed by atoms with E-state index in [0.29, 0.717) is 18.5 Å². The van der Waals surface area contributed by atoms with Crippen LogP contribution in [0, 0.1) is 0 Å². The molecule has 1 aliphatic heterocycles. The van der Waals surface area contributed by atoms with E-state index in [-0.39, 0.29) is 48.1 Å². The highest BCUT2D eigenvalue weighted by Crippen LogP contribution is 2.17. The van der Waals surface area contributed by atoms with Crippen LogP contribution < -0.4 is 20.7 Å². The predicted octanol–water partition coefficient (Wildman–Crippen LogP) is 3.08. The van der Waals surface area contributed by atoms with Crippen LogP contribution in [0.1, 0.15) is 41.5 Å². The number of morpholine rings is 1. The Kier molecular flexibility index (Phi) is 12.3. The van der Waals surface area contributed by atoms with E-state index in [1.165, 1.54) is 0 Å². The highest BCUT2D eigenvalue weighted by Gasteiger charge is 2.18. The van der Waals surface area contributed by atoms with Gasteiger partial charge in [-0.15, -0.1) is 24.0 Å². The molecule has 1 unspecified atom stereocenters. The highest BCUT2D eigenvalue weighted by molar-refractivity contribution is 14.0. The lowest BCUT2D eigenvalue weighted by atomic mass is 10.1.